The number of halogens is 7. The van der Waals surface area contributed by atoms with Gasteiger partial charge in [-0.05, 0) is 30.3 Å². The van der Waals surface area contributed by atoms with E-state index in [-0.39, 0.29) is 17.5 Å². The lowest BCUT2D eigenvalue weighted by Crippen LogP contribution is -2.20. The van der Waals surface area contributed by atoms with Crippen LogP contribution in [0.2, 0.25) is 0 Å². The molecule has 1 aromatic heterocycles. The fraction of sp³-hybridized carbons (Fsp3) is 0.167. The van der Waals surface area contributed by atoms with E-state index in [1.165, 1.54) is 12.1 Å². The van der Waals surface area contributed by atoms with Crippen LogP contribution in [0, 0.1) is 0 Å². The molecular formula is C18H11BrF6N4O. The van der Waals surface area contributed by atoms with E-state index in [0.29, 0.717) is 10.0 Å². The quantitative estimate of drug-likeness (QED) is 0.442. The first-order valence-electron chi connectivity index (χ1n) is 8.15. The van der Waals surface area contributed by atoms with E-state index in [9.17, 15) is 26.3 Å². The van der Waals surface area contributed by atoms with E-state index < -0.39 is 30.5 Å². The highest BCUT2D eigenvalue weighted by Crippen LogP contribution is 2.31. The van der Waals surface area contributed by atoms with Gasteiger partial charge in [-0.15, -0.1) is 0 Å². The minimum atomic E-state index is -4.63. The molecule has 0 aliphatic carbocycles. The van der Waals surface area contributed by atoms with Crippen LogP contribution in [0.5, 0.6) is 6.01 Å². The predicted molar refractivity (Wildman–Crippen MR) is 99.2 cm³/mol. The molecule has 1 heterocycles. The van der Waals surface area contributed by atoms with Crippen LogP contribution in [0.4, 0.5) is 38.0 Å². The molecule has 0 saturated heterocycles. The van der Waals surface area contributed by atoms with Gasteiger partial charge in [0.05, 0.1) is 5.56 Å². The van der Waals surface area contributed by atoms with Crippen molar-refractivity contribution in [3.05, 3.63) is 58.6 Å². The SMILES string of the molecule is FC(F)(F)COc1nc(Nc2cccc(C(F)(F)F)c2)nc(-c2cccc(Br)c2)n1. The summed E-state index contributed by atoms with van der Waals surface area (Å²) in [7, 11) is 0. The molecule has 158 valence electrons. The molecule has 0 aliphatic heterocycles. The average Bonchev–Trinajstić information content (AvgIpc) is 2.65. The Morgan fingerprint density at radius 1 is 0.900 bits per heavy atom. The number of nitrogens with zero attached hydrogens (tertiary/aromatic N) is 3. The fourth-order valence-electron chi connectivity index (χ4n) is 2.28. The maximum atomic E-state index is 12.9. The van der Waals surface area contributed by atoms with Gasteiger partial charge in [0, 0.05) is 15.7 Å². The summed E-state index contributed by atoms with van der Waals surface area (Å²) in [6, 6.07) is 10.1. The number of hydrogen-bond acceptors (Lipinski definition) is 5. The summed E-state index contributed by atoms with van der Waals surface area (Å²) >= 11 is 3.26. The van der Waals surface area contributed by atoms with Crippen molar-refractivity contribution in [1.82, 2.24) is 15.0 Å². The van der Waals surface area contributed by atoms with Crippen molar-refractivity contribution in [3.8, 4) is 17.4 Å². The van der Waals surface area contributed by atoms with Gasteiger partial charge in [0.15, 0.2) is 12.4 Å². The van der Waals surface area contributed by atoms with Crippen molar-refractivity contribution < 1.29 is 31.1 Å². The van der Waals surface area contributed by atoms with Crippen LogP contribution in [0.1, 0.15) is 5.56 Å². The molecule has 0 atom stereocenters. The summed E-state index contributed by atoms with van der Waals surface area (Å²) in [5.74, 6) is -0.311. The Kier molecular flexibility index (Phi) is 6.15. The number of rotatable bonds is 5. The first-order chi connectivity index (χ1) is 14.0. The van der Waals surface area contributed by atoms with E-state index in [1.54, 1.807) is 24.3 Å². The second-order valence-electron chi connectivity index (χ2n) is 5.88. The van der Waals surface area contributed by atoms with Gasteiger partial charge < -0.3 is 10.1 Å². The van der Waals surface area contributed by atoms with E-state index in [4.69, 9.17) is 0 Å². The lowest BCUT2D eigenvalue weighted by Gasteiger charge is -2.12. The van der Waals surface area contributed by atoms with E-state index >= 15 is 0 Å². The smallest absolute Gasteiger partial charge is 0.422 e. The van der Waals surface area contributed by atoms with Crippen LogP contribution in [0.25, 0.3) is 11.4 Å². The van der Waals surface area contributed by atoms with Crippen molar-refractivity contribution in [3.63, 3.8) is 0 Å². The van der Waals surface area contributed by atoms with Crippen molar-refractivity contribution in [2.24, 2.45) is 0 Å². The highest BCUT2D eigenvalue weighted by molar-refractivity contribution is 9.10. The van der Waals surface area contributed by atoms with Crippen molar-refractivity contribution in [2.75, 3.05) is 11.9 Å². The third-order valence-electron chi connectivity index (χ3n) is 3.51. The second kappa shape index (κ2) is 8.46. The molecule has 0 saturated carbocycles. The molecule has 0 unspecified atom stereocenters. The van der Waals surface area contributed by atoms with Gasteiger partial charge in [-0.3, -0.25) is 0 Å². The number of nitrogens with one attached hydrogen (secondary N) is 1. The Morgan fingerprint density at radius 2 is 1.63 bits per heavy atom. The standard InChI is InChI=1S/C18H11BrF6N4O/c19-12-5-1-3-10(7-12)14-27-15(29-16(28-14)30-9-17(20,21)22)26-13-6-2-4-11(8-13)18(23,24)25/h1-8H,9H2,(H,26,27,28,29). The van der Waals surface area contributed by atoms with Crippen LogP contribution >= 0.6 is 15.9 Å². The monoisotopic (exact) mass is 492 g/mol. The third kappa shape index (κ3) is 6.05. The van der Waals surface area contributed by atoms with Gasteiger partial charge in [0.2, 0.25) is 5.95 Å². The van der Waals surface area contributed by atoms with E-state index in [1.807, 2.05) is 0 Å². The molecule has 0 bridgehead atoms. The topological polar surface area (TPSA) is 59.9 Å². The third-order valence-corrected chi connectivity index (χ3v) is 4.00. The Balaban J connectivity index is 1.97. The molecule has 0 aliphatic rings. The second-order valence-corrected chi connectivity index (χ2v) is 6.80. The number of anilines is 2. The average molecular weight is 493 g/mol. The first-order valence-corrected chi connectivity index (χ1v) is 8.95. The molecule has 2 aromatic carbocycles. The molecule has 0 radical (unpaired) electrons. The van der Waals surface area contributed by atoms with Crippen LogP contribution in [-0.2, 0) is 6.18 Å². The normalized spacial score (nSPS) is 12.0. The van der Waals surface area contributed by atoms with Gasteiger partial charge in [-0.25, -0.2) is 0 Å². The molecule has 30 heavy (non-hydrogen) atoms. The lowest BCUT2D eigenvalue weighted by molar-refractivity contribution is -0.154. The molecule has 0 fully saturated rings. The van der Waals surface area contributed by atoms with Gasteiger partial charge >= 0.3 is 18.4 Å². The Labute approximate surface area is 174 Å². The lowest BCUT2D eigenvalue weighted by atomic mass is 10.2. The van der Waals surface area contributed by atoms with E-state index in [2.05, 4.69) is 40.9 Å². The Morgan fingerprint density at radius 3 is 2.30 bits per heavy atom. The molecule has 12 heteroatoms. The molecule has 5 nitrogen and oxygen atoms in total. The minimum Gasteiger partial charge on any atom is -0.454 e. The van der Waals surface area contributed by atoms with Crippen LogP contribution in [0.15, 0.2) is 53.0 Å². The fourth-order valence-corrected chi connectivity index (χ4v) is 2.68. The summed E-state index contributed by atoms with van der Waals surface area (Å²) in [5.41, 5.74) is -0.504. The Hall–Kier alpha value is -2.89. The number of benzene rings is 2. The number of hydrogen-bond donors (Lipinski definition) is 1. The van der Waals surface area contributed by atoms with Crippen molar-refractivity contribution in [2.45, 2.75) is 12.4 Å². The maximum absolute atomic E-state index is 12.9. The number of aromatic nitrogens is 3. The predicted octanol–water partition coefficient (Wildman–Crippen LogP) is 6.00. The van der Waals surface area contributed by atoms with Gasteiger partial charge in [0.1, 0.15) is 0 Å². The van der Waals surface area contributed by atoms with Crippen LogP contribution in [0.3, 0.4) is 0 Å². The summed E-state index contributed by atoms with van der Waals surface area (Å²) in [4.78, 5) is 11.7. The molecule has 3 aromatic rings. The number of ether oxygens (including phenoxy) is 1. The summed E-state index contributed by atoms with van der Waals surface area (Å²) in [6.45, 7) is -1.64. The molecule has 0 amide bonds. The summed E-state index contributed by atoms with van der Waals surface area (Å²) in [5, 5.41) is 2.54. The summed E-state index contributed by atoms with van der Waals surface area (Å²) < 4.78 is 81.5. The number of alkyl halides is 6. The highest BCUT2D eigenvalue weighted by atomic mass is 79.9. The molecule has 0 spiro atoms. The zero-order valence-corrected chi connectivity index (χ0v) is 16.3. The van der Waals surface area contributed by atoms with Gasteiger partial charge in [0.25, 0.3) is 0 Å². The zero-order valence-electron chi connectivity index (χ0n) is 14.7. The first kappa shape index (κ1) is 21.8. The maximum Gasteiger partial charge on any atom is 0.422 e. The largest absolute Gasteiger partial charge is 0.454 e. The molecule has 1 N–H and O–H groups in total. The molecular weight excluding hydrogens is 482 g/mol. The van der Waals surface area contributed by atoms with E-state index in [0.717, 1.165) is 12.1 Å². The van der Waals surface area contributed by atoms with Crippen LogP contribution < -0.4 is 10.1 Å². The van der Waals surface area contributed by atoms with Gasteiger partial charge in [-0.2, -0.15) is 41.3 Å². The van der Waals surface area contributed by atoms with Crippen LogP contribution in [-0.4, -0.2) is 27.7 Å². The van der Waals surface area contributed by atoms with Crippen molar-refractivity contribution >= 4 is 27.6 Å². The zero-order chi connectivity index (χ0) is 21.9. The van der Waals surface area contributed by atoms with Gasteiger partial charge in [-0.1, -0.05) is 34.1 Å². The minimum absolute atomic E-state index is 0.0158. The van der Waals surface area contributed by atoms with Crippen molar-refractivity contribution in [1.29, 1.82) is 0 Å². The highest BCUT2D eigenvalue weighted by Gasteiger charge is 2.31. The molecule has 3 rings (SSSR count). The Bertz CT molecular complexity index is 1040. The summed E-state index contributed by atoms with van der Waals surface area (Å²) in [6.07, 6.45) is -9.20.